The summed E-state index contributed by atoms with van der Waals surface area (Å²) in [4.78, 5) is 38.1. The zero-order valence-electron chi connectivity index (χ0n) is 14.0. The largest absolute Gasteiger partial charge is 0.454 e. The molecule has 0 saturated carbocycles. The molecule has 3 amide bonds. The Kier molecular flexibility index (Phi) is 4.55. The first-order chi connectivity index (χ1) is 13.1. The summed E-state index contributed by atoms with van der Waals surface area (Å²) in [5, 5.41) is 2.19. The van der Waals surface area contributed by atoms with E-state index in [1.165, 1.54) is 0 Å². The number of rotatable bonds is 4. The number of nitrogens with zero attached hydrogens (tertiary/aromatic N) is 1. The molecule has 0 atom stereocenters. The second-order valence-electron chi connectivity index (χ2n) is 5.79. The number of fused-ring (bicyclic) bond motifs is 1. The van der Waals surface area contributed by atoms with Crippen LogP contribution >= 0.6 is 11.8 Å². The molecule has 2 aromatic rings. The van der Waals surface area contributed by atoms with Crippen LogP contribution in [0.3, 0.4) is 0 Å². The van der Waals surface area contributed by atoms with Gasteiger partial charge in [0.15, 0.2) is 11.5 Å². The number of hydrogen-bond donors (Lipinski definition) is 1. The molecular weight excluding hydrogens is 368 g/mol. The lowest BCUT2D eigenvalue weighted by Crippen LogP contribution is -2.36. The Bertz CT molecular complexity index is 958. The van der Waals surface area contributed by atoms with E-state index in [-0.39, 0.29) is 13.3 Å². The predicted octanol–water partition coefficient (Wildman–Crippen LogP) is 3.09. The number of carbonyl (C=O) groups excluding carboxylic acids is 3. The van der Waals surface area contributed by atoms with Crippen LogP contribution < -0.4 is 14.8 Å². The van der Waals surface area contributed by atoms with Gasteiger partial charge in [-0.25, -0.2) is 0 Å². The smallest absolute Gasteiger partial charge is 0.294 e. The van der Waals surface area contributed by atoms with Gasteiger partial charge in [0.05, 0.1) is 4.91 Å². The number of ether oxygens (including phenoxy) is 2. The van der Waals surface area contributed by atoms with Gasteiger partial charge in [-0.1, -0.05) is 30.3 Å². The number of thioether (sulfide) groups is 1. The van der Waals surface area contributed by atoms with Crippen LogP contribution in [0.5, 0.6) is 11.5 Å². The first-order valence-electron chi connectivity index (χ1n) is 8.10. The lowest BCUT2D eigenvalue weighted by atomic mass is 10.2. The van der Waals surface area contributed by atoms with Crippen LogP contribution in [0.25, 0.3) is 6.08 Å². The molecule has 4 rings (SSSR count). The number of imide groups is 1. The summed E-state index contributed by atoms with van der Waals surface area (Å²) in [6, 6.07) is 14.2. The van der Waals surface area contributed by atoms with Crippen LogP contribution in [-0.4, -0.2) is 35.3 Å². The molecule has 2 aliphatic heterocycles. The molecule has 1 N–H and O–H groups in total. The van der Waals surface area contributed by atoms with Gasteiger partial charge in [0.25, 0.3) is 11.1 Å². The van der Waals surface area contributed by atoms with Gasteiger partial charge in [-0.3, -0.25) is 19.3 Å². The van der Waals surface area contributed by atoms with Crippen molar-refractivity contribution < 1.29 is 23.9 Å². The number of carbonyl (C=O) groups is 3. The number of benzene rings is 2. The molecule has 2 aliphatic rings. The van der Waals surface area contributed by atoms with E-state index >= 15 is 0 Å². The van der Waals surface area contributed by atoms with Gasteiger partial charge >= 0.3 is 0 Å². The van der Waals surface area contributed by atoms with E-state index in [9.17, 15) is 14.4 Å². The van der Waals surface area contributed by atoms with Crippen molar-refractivity contribution in [3.63, 3.8) is 0 Å². The molecule has 1 saturated heterocycles. The molecule has 7 nitrogen and oxygen atoms in total. The lowest BCUT2D eigenvalue weighted by molar-refractivity contribution is -0.127. The predicted molar refractivity (Wildman–Crippen MR) is 100 cm³/mol. The van der Waals surface area contributed by atoms with Crippen LogP contribution in [0.2, 0.25) is 0 Å². The molecular formula is C19H14N2O5S. The van der Waals surface area contributed by atoms with Crippen molar-refractivity contribution in [1.82, 2.24) is 4.90 Å². The van der Waals surface area contributed by atoms with Gasteiger partial charge in [0.2, 0.25) is 12.7 Å². The molecule has 0 aliphatic carbocycles. The Labute approximate surface area is 158 Å². The maximum atomic E-state index is 12.5. The standard InChI is InChI=1S/C19H14N2O5S/c22-17(20-13-6-7-14-15(9-13)26-11-25-14)10-21-18(23)16(27-19(21)24)8-12-4-2-1-3-5-12/h1-9H,10-11H2,(H,20,22)/b16-8+. The fourth-order valence-electron chi connectivity index (χ4n) is 2.66. The minimum absolute atomic E-state index is 0.136. The fourth-order valence-corrected chi connectivity index (χ4v) is 3.49. The Morgan fingerprint density at radius 3 is 2.70 bits per heavy atom. The van der Waals surface area contributed by atoms with Crippen molar-refractivity contribution in [3.05, 3.63) is 59.0 Å². The Balaban J connectivity index is 1.43. The molecule has 8 heteroatoms. The Morgan fingerprint density at radius 1 is 1.11 bits per heavy atom. The van der Waals surface area contributed by atoms with Gasteiger partial charge in [0.1, 0.15) is 6.54 Å². The number of nitrogens with one attached hydrogen (secondary N) is 1. The molecule has 0 aromatic heterocycles. The molecule has 2 heterocycles. The second kappa shape index (κ2) is 7.16. The topological polar surface area (TPSA) is 84.9 Å². The minimum atomic E-state index is -0.477. The molecule has 0 radical (unpaired) electrons. The SMILES string of the molecule is O=C(CN1C(=O)S/C(=C/c2ccccc2)C1=O)Nc1ccc2c(c1)OCO2. The van der Waals surface area contributed by atoms with Gasteiger partial charge in [-0.15, -0.1) is 0 Å². The summed E-state index contributed by atoms with van der Waals surface area (Å²) in [5.41, 5.74) is 1.31. The third-order valence-electron chi connectivity index (χ3n) is 3.93. The highest BCUT2D eigenvalue weighted by molar-refractivity contribution is 8.18. The molecule has 0 unspecified atom stereocenters. The van der Waals surface area contributed by atoms with Crippen molar-refractivity contribution in [2.45, 2.75) is 0 Å². The fraction of sp³-hybridized carbons (Fsp3) is 0.105. The summed E-state index contributed by atoms with van der Waals surface area (Å²) in [5.74, 6) is 0.182. The first kappa shape index (κ1) is 17.2. The average molecular weight is 382 g/mol. The summed E-state index contributed by atoms with van der Waals surface area (Å²) < 4.78 is 10.5. The summed E-state index contributed by atoms with van der Waals surface area (Å²) in [6.07, 6.45) is 1.64. The normalized spacial score (nSPS) is 16.9. The zero-order valence-corrected chi connectivity index (χ0v) is 14.8. The van der Waals surface area contributed by atoms with Crippen molar-refractivity contribution in [2.24, 2.45) is 0 Å². The van der Waals surface area contributed by atoms with E-state index in [1.807, 2.05) is 30.3 Å². The van der Waals surface area contributed by atoms with E-state index in [2.05, 4.69) is 5.32 Å². The molecule has 136 valence electrons. The Hall–Kier alpha value is -3.26. The van der Waals surface area contributed by atoms with E-state index in [1.54, 1.807) is 24.3 Å². The van der Waals surface area contributed by atoms with E-state index in [0.717, 1.165) is 22.2 Å². The molecule has 27 heavy (non-hydrogen) atoms. The van der Waals surface area contributed by atoms with Crippen LogP contribution in [0.1, 0.15) is 5.56 Å². The Morgan fingerprint density at radius 2 is 1.89 bits per heavy atom. The number of anilines is 1. The first-order valence-corrected chi connectivity index (χ1v) is 8.92. The monoisotopic (exact) mass is 382 g/mol. The highest BCUT2D eigenvalue weighted by Crippen LogP contribution is 2.35. The molecule has 2 aromatic carbocycles. The van der Waals surface area contributed by atoms with Gasteiger partial charge in [-0.05, 0) is 35.5 Å². The van der Waals surface area contributed by atoms with Crippen LogP contribution in [0.4, 0.5) is 10.5 Å². The van der Waals surface area contributed by atoms with Crippen LogP contribution in [0.15, 0.2) is 53.4 Å². The highest BCUT2D eigenvalue weighted by Gasteiger charge is 2.36. The lowest BCUT2D eigenvalue weighted by Gasteiger charge is -2.12. The minimum Gasteiger partial charge on any atom is -0.454 e. The van der Waals surface area contributed by atoms with Gasteiger partial charge < -0.3 is 14.8 Å². The summed E-state index contributed by atoms with van der Waals surface area (Å²) in [6.45, 7) is -0.220. The molecule has 0 spiro atoms. The van der Waals surface area contributed by atoms with Crippen molar-refractivity contribution in [1.29, 1.82) is 0 Å². The van der Waals surface area contributed by atoms with Crippen LogP contribution in [-0.2, 0) is 9.59 Å². The van der Waals surface area contributed by atoms with Crippen molar-refractivity contribution in [3.8, 4) is 11.5 Å². The zero-order chi connectivity index (χ0) is 18.8. The summed E-state index contributed by atoms with van der Waals surface area (Å²) in [7, 11) is 0. The highest BCUT2D eigenvalue weighted by atomic mass is 32.2. The second-order valence-corrected chi connectivity index (χ2v) is 6.79. The van der Waals surface area contributed by atoms with Gasteiger partial charge in [-0.2, -0.15) is 0 Å². The molecule has 0 bridgehead atoms. The summed E-state index contributed by atoms with van der Waals surface area (Å²) >= 11 is 0.823. The van der Waals surface area contributed by atoms with Crippen molar-refractivity contribution in [2.75, 3.05) is 18.7 Å². The average Bonchev–Trinajstić information content (AvgIpc) is 3.22. The third-order valence-corrected chi connectivity index (χ3v) is 4.84. The van der Waals surface area contributed by atoms with Crippen molar-refractivity contribution >= 4 is 40.6 Å². The van der Waals surface area contributed by atoms with E-state index in [0.29, 0.717) is 22.1 Å². The quantitative estimate of drug-likeness (QED) is 0.818. The maximum Gasteiger partial charge on any atom is 0.294 e. The van der Waals surface area contributed by atoms with Gasteiger partial charge in [0, 0.05) is 11.8 Å². The van der Waals surface area contributed by atoms with E-state index in [4.69, 9.17) is 9.47 Å². The molecule has 1 fully saturated rings. The third kappa shape index (κ3) is 3.65. The number of hydrogen-bond acceptors (Lipinski definition) is 6. The maximum absolute atomic E-state index is 12.5. The van der Waals surface area contributed by atoms with E-state index < -0.39 is 17.1 Å². The number of amides is 3. The van der Waals surface area contributed by atoms with Crippen LogP contribution in [0, 0.1) is 0 Å².